The molecule has 0 bridgehead atoms. The standard InChI is InChI=1S/C7H14N2/c1-7(4-8-5-7)9-6-2-3-6/h6,8-9H,2-5H2,1H3. The molecule has 1 aliphatic carbocycles. The lowest BCUT2D eigenvalue weighted by molar-refractivity contribution is 0.236. The lowest BCUT2D eigenvalue weighted by Crippen LogP contribution is -2.66. The van der Waals surface area contributed by atoms with Crippen LogP contribution in [-0.2, 0) is 0 Å². The van der Waals surface area contributed by atoms with Crippen molar-refractivity contribution in [3.05, 3.63) is 0 Å². The van der Waals surface area contributed by atoms with Crippen molar-refractivity contribution in [1.82, 2.24) is 10.6 Å². The molecule has 52 valence electrons. The number of hydrogen-bond donors (Lipinski definition) is 2. The highest BCUT2D eigenvalue weighted by Gasteiger charge is 2.36. The van der Waals surface area contributed by atoms with Gasteiger partial charge in [0, 0.05) is 24.7 Å². The molecule has 2 fully saturated rings. The van der Waals surface area contributed by atoms with E-state index in [0.29, 0.717) is 5.54 Å². The van der Waals surface area contributed by atoms with Gasteiger partial charge in [0.25, 0.3) is 0 Å². The summed E-state index contributed by atoms with van der Waals surface area (Å²) in [6, 6.07) is 0.858. The van der Waals surface area contributed by atoms with E-state index in [1.807, 2.05) is 0 Å². The predicted molar refractivity (Wildman–Crippen MR) is 37.4 cm³/mol. The topological polar surface area (TPSA) is 24.1 Å². The van der Waals surface area contributed by atoms with E-state index in [0.717, 1.165) is 19.1 Å². The van der Waals surface area contributed by atoms with Crippen LogP contribution in [0.15, 0.2) is 0 Å². The first-order valence-corrected chi connectivity index (χ1v) is 3.77. The molecule has 0 aromatic carbocycles. The van der Waals surface area contributed by atoms with Crippen LogP contribution in [0, 0.1) is 0 Å². The van der Waals surface area contributed by atoms with Crippen LogP contribution >= 0.6 is 0 Å². The monoisotopic (exact) mass is 126 g/mol. The van der Waals surface area contributed by atoms with Crippen molar-refractivity contribution in [3.8, 4) is 0 Å². The van der Waals surface area contributed by atoms with E-state index in [-0.39, 0.29) is 0 Å². The van der Waals surface area contributed by atoms with Gasteiger partial charge in [0.2, 0.25) is 0 Å². The van der Waals surface area contributed by atoms with Gasteiger partial charge in [-0.25, -0.2) is 0 Å². The number of rotatable bonds is 2. The fourth-order valence-electron chi connectivity index (χ4n) is 1.32. The highest BCUT2D eigenvalue weighted by atomic mass is 15.2. The minimum absolute atomic E-state index is 0.446. The molecule has 1 saturated heterocycles. The van der Waals surface area contributed by atoms with Gasteiger partial charge >= 0.3 is 0 Å². The molecule has 2 N–H and O–H groups in total. The molecule has 9 heavy (non-hydrogen) atoms. The van der Waals surface area contributed by atoms with Crippen molar-refractivity contribution in [2.24, 2.45) is 0 Å². The third kappa shape index (κ3) is 1.10. The van der Waals surface area contributed by atoms with Gasteiger partial charge < -0.3 is 10.6 Å². The zero-order chi connectivity index (χ0) is 6.32. The first kappa shape index (κ1) is 5.69. The second-order valence-corrected chi connectivity index (χ2v) is 3.58. The maximum absolute atomic E-state index is 3.60. The quantitative estimate of drug-likeness (QED) is 0.548. The SMILES string of the molecule is CC1(NC2CC2)CNC1. The predicted octanol–water partition coefficient (Wildman–Crippen LogP) is 0.100. The summed E-state index contributed by atoms with van der Waals surface area (Å²) in [5.74, 6) is 0. The van der Waals surface area contributed by atoms with E-state index in [2.05, 4.69) is 17.6 Å². The maximum Gasteiger partial charge on any atom is 0.0405 e. The maximum atomic E-state index is 3.60. The normalized spacial score (nSPS) is 31.7. The molecule has 0 aromatic rings. The van der Waals surface area contributed by atoms with Crippen molar-refractivity contribution in [1.29, 1.82) is 0 Å². The molecule has 0 spiro atoms. The summed E-state index contributed by atoms with van der Waals surface area (Å²) in [4.78, 5) is 0. The molecule has 1 heterocycles. The summed E-state index contributed by atoms with van der Waals surface area (Å²) in [6.07, 6.45) is 2.80. The molecule has 0 radical (unpaired) electrons. The molecule has 2 nitrogen and oxygen atoms in total. The van der Waals surface area contributed by atoms with Crippen molar-refractivity contribution < 1.29 is 0 Å². The van der Waals surface area contributed by atoms with E-state index >= 15 is 0 Å². The van der Waals surface area contributed by atoms with Gasteiger partial charge in [0.15, 0.2) is 0 Å². The summed E-state index contributed by atoms with van der Waals surface area (Å²) < 4.78 is 0. The van der Waals surface area contributed by atoms with Gasteiger partial charge in [0.1, 0.15) is 0 Å². The first-order valence-electron chi connectivity index (χ1n) is 3.77. The Bertz CT molecular complexity index is 114. The van der Waals surface area contributed by atoms with E-state index < -0.39 is 0 Å². The molecule has 2 heteroatoms. The average Bonchev–Trinajstić information content (AvgIpc) is 2.46. The van der Waals surface area contributed by atoms with E-state index in [1.54, 1.807) is 0 Å². The third-order valence-corrected chi connectivity index (χ3v) is 2.16. The third-order valence-electron chi connectivity index (χ3n) is 2.16. The Morgan fingerprint density at radius 2 is 2.11 bits per heavy atom. The van der Waals surface area contributed by atoms with Gasteiger partial charge in [0.05, 0.1) is 0 Å². The average molecular weight is 126 g/mol. The van der Waals surface area contributed by atoms with Crippen LogP contribution in [0.25, 0.3) is 0 Å². The minimum atomic E-state index is 0.446. The lowest BCUT2D eigenvalue weighted by atomic mass is 9.95. The smallest absolute Gasteiger partial charge is 0.0405 e. The number of nitrogens with one attached hydrogen (secondary N) is 2. The summed E-state index contributed by atoms with van der Waals surface area (Å²) in [5.41, 5.74) is 0.446. The van der Waals surface area contributed by atoms with Crippen LogP contribution in [0.3, 0.4) is 0 Å². The molecular formula is C7H14N2. The van der Waals surface area contributed by atoms with Gasteiger partial charge in [-0.05, 0) is 19.8 Å². The summed E-state index contributed by atoms with van der Waals surface area (Å²) >= 11 is 0. The van der Waals surface area contributed by atoms with Crippen molar-refractivity contribution in [3.63, 3.8) is 0 Å². The molecule has 0 atom stereocenters. The van der Waals surface area contributed by atoms with Crippen molar-refractivity contribution >= 4 is 0 Å². The zero-order valence-electron chi connectivity index (χ0n) is 5.91. The second kappa shape index (κ2) is 1.70. The van der Waals surface area contributed by atoms with Crippen LogP contribution < -0.4 is 10.6 Å². The van der Waals surface area contributed by atoms with Crippen molar-refractivity contribution in [2.75, 3.05) is 13.1 Å². The van der Waals surface area contributed by atoms with Gasteiger partial charge in [-0.2, -0.15) is 0 Å². The molecule has 0 amide bonds. The Balaban J connectivity index is 1.81. The molecule has 0 aromatic heterocycles. The first-order chi connectivity index (χ1) is 4.29. The minimum Gasteiger partial charge on any atom is -0.313 e. The van der Waals surface area contributed by atoms with Crippen LogP contribution in [0.1, 0.15) is 19.8 Å². The molecule has 2 rings (SSSR count). The highest BCUT2D eigenvalue weighted by molar-refractivity contribution is 5.00. The van der Waals surface area contributed by atoms with Crippen LogP contribution in [0.2, 0.25) is 0 Å². The molecule has 0 unspecified atom stereocenters. The van der Waals surface area contributed by atoms with Gasteiger partial charge in [-0.15, -0.1) is 0 Å². The second-order valence-electron chi connectivity index (χ2n) is 3.58. The van der Waals surface area contributed by atoms with E-state index in [9.17, 15) is 0 Å². The lowest BCUT2D eigenvalue weighted by Gasteiger charge is -2.40. The Morgan fingerprint density at radius 3 is 2.44 bits per heavy atom. The fourth-order valence-corrected chi connectivity index (χ4v) is 1.32. The number of hydrogen-bond acceptors (Lipinski definition) is 2. The Labute approximate surface area is 56.0 Å². The zero-order valence-corrected chi connectivity index (χ0v) is 5.91. The summed E-state index contributed by atoms with van der Waals surface area (Å²) in [5, 5.41) is 6.88. The highest BCUT2D eigenvalue weighted by Crippen LogP contribution is 2.23. The Kier molecular flexibility index (Phi) is 1.08. The van der Waals surface area contributed by atoms with Gasteiger partial charge in [-0.1, -0.05) is 0 Å². The van der Waals surface area contributed by atoms with E-state index in [4.69, 9.17) is 0 Å². The Hall–Kier alpha value is -0.0800. The van der Waals surface area contributed by atoms with Gasteiger partial charge in [-0.3, -0.25) is 0 Å². The van der Waals surface area contributed by atoms with Crippen molar-refractivity contribution in [2.45, 2.75) is 31.3 Å². The summed E-state index contributed by atoms with van der Waals surface area (Å²) in [6.45, 7) is 4.61. The molecule has 1 aliphatic heterocycles. The van der Waals surface area contributed by atoms with E-state index in [1.165, 1.54) is 12.8 Å². The van der Waals surface area contributed by atoms with Crippen LogP contribution in [-0.4, -0.2) is 24.7 Å². The molecule has 1 saturated carbocycles. The fraction of sp³-hybridized carbons (Fsp3) is 1.00. The largest absolute Gasteiger partial charge is 0.313 e. The molecular weight excluding hydrogens is 112 g/mol. The molecule has 2 aliphatic rings. The summed E-state index contributed by atoms with van der Waals surface area (Å²) in [7, 11) is 0. The van der Waals surface area contributed by atoms with Crippen LogP contribution in [0.5, 0.6) is 0 Å². The Morgan fingerprint density at radius 1 is 1.44 bits per heavy atom. The van der Waals surface area contributed by atoms with Crippen LogP contribution in [0.4, 0.5) is 0 Å².